The van der Waals surface area contributed by atoms with Crippen LogP contribution in [0.15, 0.2) is 46.8 Å². The van der Waals surface area contributed by atoms with Gasteiger partial charge in [-0.1, -0.05) is 38.1 Å². The fraction of sp³-hybridized carbons (Fsp3) is 0.350. The average Bonchev–Trinajstić information content (AvgIpc) is 3.07. The fourth-order valence-electron chi connectivity index (χ4n) is 2.94. The van der Waals surface area contributed by atoms with E-state index in [2.05, 4.69) is 36.3 Å². The number of amides is 1. The van der Waals surface area contributed by atoms with Crippen molar-refractivity contribution < 1.29 is 4.79 Å². The van der Waals surface area contributed by atoms with Crippen molar-refractivity contribution in [1.29, 1.82) is 0 Å². The molecule has 5 nitrogen and oxygen atoms in total. The molecule has 1 N–H and O–H groups in total. The molecule has 1 amide bonds. The molecule has 0 aliphatic carbocycles. The molecule has 0 saturated heterocycles. The SMILES string of the molecule is CC(C)Cc1ccc(C(C)NC(=O)Cn2cnc3sccc3c2=O)cc1. The molecule has 6 heteroatoms. The van der Waals surface area contributed by atoms with Crippen molar-refractivity contribution in [2.45, 2.75) is 39.8 Å². The van der Waals surface area contributed by atoms with Crippen molar-refractivity contribution in [3.63, 3.8) is 0 Å². The van der Waals surface area contributed by atoms with Crippen LogP contribution in [0.2, 0.25) is 0 Å². The number of carbonyl (C=O) groups is 1. The molecular formula is C20H23N3O2S. The molecular weight excluding hydrogens is 346 g/mol. The zero-order valence-electron chi connectivity index (χ0n) is 15.2. The lowest BCUT2D eigenvalue weighted by molar-refractivity contribution is -0.122. The number of fused-ring (bicyclic) bond motifs is 1. The summed E-state index contributed by atoms with van der Waals surface area (Å²) in [6.07, 6.45) is 2.48. The van der Waals surface area contributed by atoms with Crippen LogP contribution in [0.25, 0.3) is 10.2 Å². The maximum atomic E-state index is 12.4. The van der Waals surface area contributed by atoms with Gasteiger partial charge in [0.15, 0.2) is 0 Å². The van der Waals surface area contributed by atoms with Gasteiger partial charge >= 0.3 is 0 Å². The quantitative estimate of drug-likeness (QED) is 0.723. The van der Waals surface area contributed by atoms with E-state index in [-0.39, 0.29) is 24.1 Å². The van der Waals surface area contributed by atoms with Crippen LogP contribution in [-0.2, 0) is 17.8 Å². The maximum Gasteiger partial charge on any atom is 0.262 e. The first kappa shape index (κ1) is 18.3. The predicted octanol–water partition coefficient (Wildman–Crippen LogP) is 3.53. The van der Waals surface area contributed by atoms with Crippen LogP contribution in [0.4, 0.5) is 0 Å². The summed E-state index contributed by atoms with van der Waals surface area (Å²) in [5.41, 5.74) is 2.16. The molecule has 136 valence electrons. The summed E-state index contributed by atoms with van der Waals surface area (Å²) in [4.78, 5) is 29.6. The molecule has 2 aromatic heterocycles. The summed E-state index contributed by atoms with van der Waals surface area (Å²) < 4.78 is 1.35. The van der Waals surface area contributed by atoms with Crippen LogP contribution in [0.5, 0.6) is 0 Å². The first-order chi connectivity index (χ1) is 12.4. The largest absolute Gasteiger partial charge is 0.348 e. The molecule has 2 heterocycles. The molecule has 26 heavy (non-hydrogen) atoms. The van der Waals surface area contributed by atoms with Gasteiger partial charge in [0, 0.05) is 0 Å². The Kier molecular flexibility index (Phi) is 5.52. The third kappa shape index (κ3) is 4.19. The molecule has 3 aromatic rings. The minimum Gasteiger partial charge on any atom is -0.348 e. The monoisotopic (exact) mass is 369 g/mol. The fourth-order valence-corrected chi connectivity index (χ4v) is 3.67. The zero-order valence-corrected chi connectivity index (χ0v) is 16.0. The Morgan fingerprint density at radius 2 is 1.92 bits per heavy atom. The predicted molar refractivity (Wildman–Crippen MR) is 105 cm³/mol. The van der Waals surface area contributed by atoms with Crippen LogP contribution >= 0.6 is 11.3 Å². The van der Waals surface area contributed by atoms with E-state index in [1.54, 1.807) is 6.07 Å². The van der Waals surface area contributed by atoms with Gasteiger partial charge in [-0.3, -0.25) is 14.2 Å². The number of hydrogen-bond acceptors (Lipinski definition) is 4. The van der Waals surface area contributed by atoms with Gasteiger partial charge < -0.3 is 5.32 Å². The highest BCUT2D eigenvalue weighted by Crippen LogP contribution is 2.16. The van der Waals surface area contributed by atoms with Gasteiger partial charge in [0.25, 0.3) is 5.56 Å². The first-order valence-corrected chi connectivity index (χ1v) is 9.63. The summed E-state index contributed by atoms with van der Waals surface area (Å²) in [5, 5.41) is 5.33. The minimum absolute atomic E-state index is 0.0343. The highest BCUT2D eigenvalue weighted by Gasteiger charge is 2.12. The van der Waals surface area contributed by atoms with Crippen molar-refractivity contribution in [2.24, 2.45) is 5.92 Å². The molecule has 0 fully saturated rings. The Bertz CT molecular complexity index is 957. The van der Waals surface area contributed by atoms with E-state index < -0.39 is 0 Å². The highest BCUT2D eigenvalue weighted by atomic mass is 32.1. The van der Waals surface area contributed by atoms with Gasteiger partial charge in [-0.2, -0.15) is 0 Å². The van der Waals surface area contributed by atoms with E-state index in [9.17, 15) is 9.59 Å². The van der Waals surface area contributed by atoms with Gasteiger partial charge in [-0.05, 0) is 41.8 Å². The number of nitrogens with zero attached hydrogens (tertiary/aromatic N) is 2. The van der Waals surface area contributed by atoms with E-state index >= 15 is 0 Å². The molecule has 0 bridgehead atoms. The number of hydrogen-bond donors (Lipinski definition) is 1. The van der Waals surface area contributed by atoms with Crippen LogP contribution < -0.4 is 10.9 Å². The summed E-state index contributed by atoms with van der Waals surface area (Å²) in [6.45, 7) is 6.30. The molecule has 0 saturated carbocycles. The third-order valence-electron chi connectivity index (χ3n) is 4.27. The molecule has 0 spiro atoms. The third-order valence-corrected chi connectivity index (χ3v) is 5.09. The summed E-state index contributed by atoms with van der Waals surface area (Å²) in [5.74, 6) is 0.410. The number of aromatic nitrogens is 2. The maximum absolute atomic E-state index is 12.4. The lowest BCUT2D eigenvalue weighted by atomic mass is 10.00. The minimum atomic E-state index is -0.206. The smallest absolute Gasteiger partial charge is 0.262 e. The molecule has 0 aliphatic rings. The van der Waals surface area contributed by atoms with Crippen molar-refractivity contribution in [1.82, 2.24) is 14.9 Å². The lowest BCUT2D eigenvalue weighted by Crippen LogP contribution is -2.33. The number of nitrogens with one attached hydrogen (secondary N) is 1. The molecule has 0 aliphatic heterocycles. The van der Waals surface area contributed by atoms with E-state index in [4.69, 9.17) is 0 Å². The first-order valence-electron chi connectivity index (χ1n) is 8.75. The highest BCUT2D eigenvalue weighted by molar-refractivity contribution is 7.16. The second kappa shape index (κ2) is 7.83. The summed E-state index contributed by atoms with van der Waals surface area (Å²) in [7, 11) is 0. The summed E-state index contributed by atoms with van der Waals surface area (Å²) in [6, 6.07) is 9.93. The number of rotatable bonds is 6. The Balaban J connectivity index is 1.65. The molecule has 0 radical (unpaired) electrons. The van der Waals surface area contributed by atoms with Gasteiger partial charge in [0.1, 0.15) is 11.4 Å². The van der Waals surface area contributed by atoms with Crippen LogP contribution in [0, 0.1) is 5.92 Å². The van der Waals surface area contributed by atoms with Gasteiger partial charge in [0.2, 0.25) is 5.91 Å². The standard InChI is InChI=1S/C20H23N3O2S/c1-13(2)10-15-4-6-16(7-5-15)14(3)22-18(24)11-23-12-21-19-17(20(23)25)8-9-26-19/h4-9,12-14H,10-11H2,1-3H3,(H,22,24). The average molecular weight is 369 g/mol. The lowest BCUT2D eigenvalue weighted by Gasteiger charge is -2.16. The molecule has 1 atom stereocenters. The summed E-state index contributed by atoms with van der Waals surface area (Å²) >= 11 is 1.42. The second-order valence-corrected chi connectivity index (χ2v) is 7.84. The normalized spacial score (nSPS) is 12.5. The zero-order chi connectivity index (χ0) is 18.7. The Morgan fingerprint density at radius 1 is 1.19 bits per heavy atom. The van der Waals surface area contributed by atoms with Crippen LogP contribution in [0.1, 0.15) is 37.9 Å². The number of benzene rings is 1. The molecule has 3 rings (SSSR count). The van der Waals surface area contributed by atoms with E-state index in [1.807, 2.05) is 24.4 Å². The molecule has 1 aromatic carbocycles. The Hall–Kier alpha value is -2.47. The van der Waals surface area contributed by atoms with Gasteiger partial charge in [0.05, 0.1) is 17.8 Å². The van der Waals surface area contributed by atoms with Gasteiger partial charge in [-0.15, -0.1) is 11.3 Å². The Morgan fingerprint density at radius 3 is 2.62 bits per heavy atom. The second-order valence-electron chi connectivity index (χ2n) is 6.95. The van der Waals surface area contributed by atoms with Crippen molar-refractivity contribution in [3.05, 3.63) is 63.5 Å². The topological polar surface area (TPSA) is 64.0 Å². The number of thiophene rings is 1. The van der Waals surface area contributed by atoms with Gasteiger partial charge in [-0.25, -0.2) is 4.98 Å². The van der Waals surface area contributed by atoms with E-state index in [0.29, 0.717) is 16.1 Å². The Labute approximate surface area is 156 Å². The van der Waals surface area contributed by atoms with Crippen LogP contribution in [0.3, 0.4) is 0 Å². The van der Waals surface area contributed by atoms with Crippen molar-refractivity contribution in [3.8, 4) is 0 Å². The van der Waals surface area contributed by atoms with E-state index in [1.165, 1.54) is 27.8 Å². The van der Waals surface area contributed by atoms with Crippen molar-refractivity contribution in [2.75, 3.05) is 0 Å². The van der Waals surface area contributed by atoms with Crippen molar-refractivity contribution >= 4 is 27.5 Å². The van der Waals surface area contributed by atoms with Crippen LogP contribution in [-0.4, -0.2) is 15.5 Å². The van der Waals surface area contributed by atoms with E-state index in [0.717, 1.165) is 12.0 Å². The number of carbonyl (C=O) groups excluding carboxylic acids is 1. The molecule has 1 unspecified atom stereocenters.